The third-order valence-electron chi connectivity index (χ3n) is 5.54. The highest BCUT2D eigenvalue weighted by Gasteiger charge is 2.19. The van der Waals surface area contributed by atoms with Crippen LogP contribution in [0.1, 0.15) is 117 Å². The summed E-state index contributed by atoms with van der Waals surface area (Å²) in [5.41, 5.74) is 0. The van der Waals surface area contributed by atoms with Gasteiger partial charge >= 0.3 is 0 Å². The van der Waals surface area contributed by atoms with Gasteiger partial charge in [0.25, 0.3) is 0 Å². The Morgan fingerprint density at radius 2 is 1.41 bits per heavy atom. The van der Waals surface area contributed by atoms with E-state index in [2.05, 4.69) is 39.6 Å². The maximum Gasteiger partial charge on any atom is 0.217 e. The van der Waals surface area contributed by atoms with Crippen LogP contribution in [0, 0.1) is 0 Å². The van der Waals surface area contributed by atoms with Gasteiger partial charge in [-0.1, -0.05) is 113 Å². The van der Waals surface area contributed by atoms with Gasteiger partial charge in [-0.25, -0.2) is 13.1 Å². The molecule has 0 aromatic rings. The predicted molar refractivity (Wildman–Crippen MR) is 150 cm³/mol. The Morgan fingerprint density at radius 1 is 0.875 bits per heavy atom. The van der Waals surface area contributed by atoms with Crippen molar-refractivity contribution in [2.45, 2.75) is 128 Å². The highest BCUT2D eigenvalue weighted by molar-refractivity contribution is 14.1. The lowest BCUT2D eigenvalue weighted by molar-refractivity contribution is -0.119. The number of thioether (sulfide) groups is 1. The molecule has 0 aliphatic rings. The number of carbonyl (C=O) groups is 1. The van der Waals surface area contributed by atoms with Gasteiger partial charge in [0.15, 0.2) is 0 Å². The molecule has 0 saturated carbocycles. The van der Waals surface area contributed by atoms with E-state index >= 15 is 0 Å². The van der Waals surface area contributed by atoms with Gasteiger partial charge in [0.1, 0.15) is 0 Å². The Hall–Kier alpha value is 0.460. The largest absolute Gasteiger partial charge is 0.353 e. The molecule has 0 heterocycles. The summed E-state index contributed by atoms with van der Waals surface area (Å²) in [7, 11) is -3.23. The molecule has 0 aromatic heterocycles. The van der Waals surface area contributed by atoms with Gasteiger partial charge in [0.05, 0.1) is 11.1 Å². The summed E-state index contributed by atoms with van der Waals surface area (Å²) in [5.74, 6) is 0.913. The van der Waals surface area contributed by atoms with Crippen LogP contribution in [-0.4, -0.2) is 41.7 Å². The van der Waals surface area contributed by atoms with Gasteiger partial charge < -0.3 is 5.32 Å². The van der Waals surface area contributed by atoms with Gasteiger partial charge in [-0.3, -0.25) is 4.79 Å². The molecule has 192 valence electrons. The summed E-state index contributed by atoms with van der Waals surface area (Å²) >= 11 is 3.81. The molecule has 5 nitrogen and oxygen atoms in total. The fraction of sp³-hybridized carbons (Fsp3) is 0.958. The normalized spacial score (nSPS) is 13.8. The Bertz CT molecular complexity index is 547. The Balaban J connectivity index is 4.05. The molecule has 0 aliphatic heterocycles. The highest BCUT2D eigenvalue weighted by atomic mass is 127. The minimum atomic E-state index is -3.23. The molecule has 0 radical (unpaired) electrons. The molecule has 2 N–H and O–H groups in total. The molecule has 0 rings (SSSR count). The zero-order valence-corrected chi connectivity index (χ0v) is 24.6. The number of hydrogen-bond donors (Lipinski definition) is 2. The van der Waals surface area contributed by atoms with Gasteiger partial charge in [-0.05, 0) is 19.3 Å². The number of carbonyl (C=O) groups excluding carboxylic acids is 1. The number of sulfonamides is 1. The first kappa shape index (κ1) is 32.5. The van der Waals surface area contributed by atoms with E-state index in [-0.39, 0.29) is 23.1 Å². The standard InChI is InChI=1S/C24H49IN2O3S2/c1-4-6-7-8-9-10-11-12-13-14-15-16-18-23(26-22(3)28)21-31-24(5-2)27-32(29,30)20-17-19-25/h23-24,27H,4-21H2,1-3H3,(H,26,28). The zero-order chi connectivity index (χ0) is 24.1. The summed E-state index contributed by atoms with van der Waals surface area (Å²) in [6.45, 7) is 5.82. The monoisotopic (exact) mass is 604 g/mol. The summed E-state index contributed by atoms with van der Waals surface area (Å²) in [4.78, 5) is 11.6. The second-order valence-corrected chi connectivity index (χ2v) is 13.0. The van der Waals surface area contributed by atoms with E-state index in [0.717, 1.165) is 29.4 Å². The molecule has 8 heteroatoms. The molecular formula is C24H49IN2O3S2. The number of amides is 1. The zero-order valence-electron chi connectivity index (χ0n) is 20.8. The van der Waals surface area contributed by atoms with Crippen LogP contribution in [0.25, 0.3) is 0 Å². The van der Waals surface area contributed by atoms with Crippen molar-refractivity contribution in [2.75, 3.05) is 15.9 Å². The van der Waals surface area contributed by atoms with Crippen molar-refractivity contribution in [3.63, 3.8) is 0 Å². The van der Waals surface area contributed by atoms with Crippen molar-refractivity contribution in [1.29, 1.82) is 0 Å². The van der Waals surface area contributed by atoms with E-state index in [1.165, 1.54) is 70.6 Å². The lowest BCUT2D eigenvalue weighted by Crippen LogP contribution is -2.38. The average Bonchev–Trinajstić information content (AvgIpc) is 2.75. The molecule has 2 unspecified atom stereocenters. The third-order valence-corrected chi connectivity index (χ3v) is 9.37. The molecular weight excluding hydrogens is 555 g/mol. The quantitative estimate of drug-likeness (QED) is 0.0583. The molecule has 0 fully saturated rings. The number of hydrogen-bond acceptors (Lipinski definition) is 4. The lowest BCUT2D eigenvalue weighted by atomic mass is 10.0. The fourth-order valence-electron chi connectivity index (χ4n) is 3.69. The van der Waals surface area contributed by atoms with E-state index in [4.69, 9.17) is 0 Å². The van der Waals surface area contributed by atoms with Crippen molar-refractivity contribution in [3.8, 4) is 0 Å². The van der Waals surface area contributed by atoms with Crippen LogP contribution in [0.15, 0.2) is 0 Å². The number of halogens is 1. The first-order valence-electron chi connectivity index (χ1n) is 12.8. The maximum atomic E-state index is 12.2. The van der Waals surface area contributed by atoms with Gasteiger partial charge in [0, 0.05) is 23.1 Å². The molecule has 1 amide bonds. The fourth-order valence-corrected chi connectivity index (χ4v) is 7.46. The summed E-state index contributed by atoms with van der Waals surface area (Å²) in [6, 6.07) is 0.105. The molecule has 2 atom stereocenters. The highest BCUT2D eigenvalue weighted by Crippen LogP contribution is 2.18. The van der Waals surface area contributed by atoms with Crippen molar-refractivity contribution < 1.29 is 13.2 Å². The van der Waals surface area contributed by atoms with Crippen LogP contribution in [0.5, 0.6) is 0 Å². The number of alkyl halides is 1. The maximum absolute atomic E-state index is 12.2. The van der Waals surface area contributed by atoms with Crippen molar-refractivity contribution >= 4 is 50.3 Å². The molecule has 0 aliphatic carbocycles. The van der Waals surface area contributed by atoms with Crippen LogP contribution in [0.4, 0.5) is 0 Å². The van der Waals surface area contributed by atoms with E-state index in [0.29, 0.717) is 6.42 Å². The molecule has 0 saturated heterocycles. The van der Waals surface area contributed by atoms with Crippen molar-refractivity contribution in [1.82, 2.24) is 10.0 Å². The summed E-state index contributed by atoms with van der Waals surface area (Å²) < 4.78 is 28.0. The second-order valence-electron chi connectivity index (χ2n) is 8.78. The smallest absolute Gasteiger partial charge is 0.217 e. The average molecular weight is 605 g/mol. The predicted octanol–water partition coefficient (Wildman–Crippen LogP) is 6.80. The van der Waals surface area contributed by atoms with Gasteiger partial charge in [-0.2, -0.15) is 0 Å². The Morgan fingerprint density at radius 3 is 1.88 bits per heavy atom. The lowest BCUT2D eigenvalue weighted by Gasteiger charge is -2.22. The number of rotatable bonds is 23. The van der Waals surface area contributed by atoms with Crippen molar-refractivity contribution in [3.05, 3.63) is 0 Å². The van der Waals surface area contributed by atoms with E-state index < -0.39 is 10.0 Å². The Labute approximate surface area is 217 Å². The van der Waals surface area contributed by atoms with E-state index in [1.807, 2.05) is 6.92 Å². The molecule has 0 bridgehead atoms. The minimum Gasteiger partial charge on any atom is -0.353 e. The third kappa shape index (κ3) is 21.0. The summed E-state index contributed by atoms with van der Waals surface area (Å²) in [5, 5.41) is 2.93. The van der Waals surface area contributed by atoms with Crippen LogP contribution < -0.4 is 10.0 Å². The van der Waals surface area contributed by atoms with Crippen LogP contribution in [-0.2, 0) is 14.8 Å². The molecule has 0 aromatic carbocycles. The number of unbranched alkanes of at least 4 members (excludes halogenated alkanes) is 11. The minimum absolute atomic E-state index is 0.00906. The summed E-state index contributed by atoms with van der Waals surface area (Å²) in [6.07, 6.45) is 18.2. The topological polar surface area (TPSA) is 75.3 Å². The second kappa shape index (κ2) is 22.0. The number of nitrogens with one attached hydrogen (secondary N) is 2. The first-order valence-corrected chi connectivity index (χ1v) is 17.0. The van der Waals surface area contributed by atoms with Crippen LogP contribution in [0.3, 0.4) is 0 Å². The first-order chi connectivity index (χ1) is 15.3. The van der Waals surface area contributed by atoms with Crippen molar-refractivity contribution in [2.24, 2.45) is 0 Å². The van der Waals surface area contributed by atoms with Crippen LogP contribution in [0.2, 0.25) is 0 Å². The van der Waals surface area contributed by atoms with Crippen LogP contribution >= 0.6 is 34.4 Å². The van der Waals surface area contributed by atoms with E-state index in [9.17, 15) is 13.2 Å². The van der Waals surface area contributed by atoms with E-state index in [1.54, 1.807) is 18.7 Å². The van der Waals surface area contributed by atoms with Gasteiger partial charge in [-0.15, -0.1) is 11.8 Å². The molecule has 32 heavy (non-hydrogen) atoms. The Kier molecular flexibility index (Phi) is 22.3. The molecule has 0 spiro atoms. The van der Waals surface area contributed by atoms with Gasteiger partial charge in [0.2, 0.25) is 15.9 Å². The SMILES string of the molecule is CCCCCCCCCCCCCCC(CSC(CC)NS(=O)(=O)CCCI)NC(C)=O.